The van der Waals surface area contributed by atoms with Crippen molar-refractivity contribution in [3.05, 3.63) is 17.7 Å². The first-order valence-electron chi connectivity index (χ1n) is 5.63. The van der Waals surface area contributed by atoms with Gasteiger partial charge in [0.1, 0.15) is 0 Å². The molecule has 1 aliphatic rings. The van der Waals surface area contributed by atoms with Gasteiger partial charge >= 0.3 is 0 Å². The van der Waals surface area contributed by atoms with E-state index in [0.29, 0.717) is 0 Å². The molecule has 82 valence electrons. The van der Waals surface area contributed by atoms with Crippen molar-refractivity contribution < 1.29 is 1.43 Å². The van der Waals surface area contributed by atoms with Gasteiger partial charge < -0.3 is 9.88 Å². The van der Waals surface area contributed by atoms with Crippen LogP contribution in [0.3, 0.4) is 0 Å². The molecule has 2 heterocycles. The maximum Gasteiger partial charge on any atom is 0.0925 e. The first-order chi connectivity index (χ1) is 6.90. The van der Waals surface area contributed by atoms with Gasteiger partial charge in [0.25, 0.3) is 0 Å². The van der Waals surface area contributed by atoms with E-state index in [0.717, 1.165) is 25.9 Å². The molecule has 0 spiro atoms. The molecular weight excluding hydrogens is 174 g/mol. The third kappa shape index (κ3) is 2.58. The Morgan fingerprint density at radius 2 is 2.14 bits per heavy atom. The van der Waals surface area contributed by atoms with Gasteiger partial charge in [-0.25, -0.2) is 4.98 Å². The van der Waals surface area contributed by atoms with Crippen molar-refractivity contribution in [3.63, 3.8) is 0 Å². The SMILES string of the molecule is CC.CCN1CCc2nc[nH]c2CC1.[HH]. The highest BCUT2D eigenvalue weighted by Crippen LogP contribution is 2.10. The van der Waals surface area contributed by atoms with Gasteiger partial charge in [-0.1, -0.05) is 20.8 Å². The topological polar surface area (TPSA) is 31.9 Å². The predicted molar refractivity (Wildman–Crippen MR) is 61.6 cm³/mol. The Balaban J connectivity index is 0.000000617. The van der Waals surface area contributed by atoms with Crippen molar-refractivity contribution in [2.24, 2.45) is 0 Å². The monoisotopic (exact) mass is 197 g/mol. The highest BCUT2D eigenvalue weighted by Gasteiger charge is 2.13. The molecule has 1 aliphatic heterocycles. The van der Waals surface area contributed by atoms with Crippen molar-refractivity contribution in [2.45, 2.75) is 33.6 Å². The molecule has 0 saturated carbocycles. The number of fused-ring (bicyclic) bond motifs is 1. The largest absolute Gasteiger partial charge is 0.348 e. The van der Waals surface area contributed by atoms with Gasteiger partial charge in [0, 0.05) is 33.1 Å². The number of aromatic amines is 1. The Kier molecular flexibility index (Phi) is 4.66. The quantitative estimate of drug-likeness (QED) is 0.747. The molecule has 0 aromatic carbocycles. The van der Waals surface area contributed by atoms with E-state index in [9.17, 15) is 0 Å². The minimum absolute atomic E-state index is 0. The summed E-state index contributed by atoms with van der Waals surface area (Å²) in [6.07, 6.45) is 4.04. The van der Waals surface area contributed by atoms with Gasteiger partial charge in [0.15, 0.2) is 0 Å². The van der Waals surface area contributed by atoms with E-state index in [1.165, 1.54) is 17.9 Å². The number of H-pyrrole nitrogens is 1. The molecule has 1 aromatic rings. The van der Waals surface area contributed by atoms with Crippen LogP contribution in [-0.2, 0) is 12.8 Å². The van der Waals surface area contributed by atoms with E-state index in [2.05, 4.69) is 21.8 Å². The molecule has 0 unspecified atom stereocenters. The van der Waals surface area contributed by atoms with Crippen molar-refractivity contribution in [2.75, 3.05) is 19.6 Å². The molecule has 0 radical (unpaired) electrons. The Bertz CT molecular complexity index is 238. The highest BCUT2D eigenvalue weighted by molar-refractivity contribution is 5.13. The van der Waals surface area contributed by atoms with E-state index >= 15 is 0 Å². The van der Waals surface area contributed by atoms with Gasteiger partial charge in [-0.15, -0.1) is 0 Å². The van der Waals surface area contributed by atoms with Gasteiger partial charge in [0.05, 0.1) is 12.0 Å². The summed E-state index contributed by atoms with van der Waals surface area (Å²) in [4.78, 5) is 9.98. The van der Waals surface area contributed by atoms with E-state index in [-0.39, 0.29) is 1.43 Å². The van der Waals surface area contributed by atoms with Crippen LogP contribution < -0.4 is 0 Å². The van der Waals surface area contributed by atoms with Crippen molar-refractivity contribution in [1.29, 1.82) is 0 Å². The van der Waals surface area contributed by atoms with Gasteiger partial charge in [-0.2, -0.15) is 0 Å². The molecular formula is C11H23N3. The van der Waals surface area contributed by atoms with Crippen LogP contribution in [0.4, 0.5) is 0 Å². The molecule has 0 bridgehead atoms. The third-order valence-electron chi connectivity index (χ3n) is 2.60. The second-order valence-electron chi connectivity index (χ2n) is 3.26. The normalized spacial score (nSPS) is 16.5. The molecule has 0 saturated heterocycles. The second-order valence-corrected chi connectivity index (χ2v) is 3.26. The number of aromatic nitrogens is 2. The van der Waals surface area contributed by atoms with Gasteiger partial charge in [0.2, 0.25) is 0 Å². The fourth-order valence-electron chi connectivity index (χ4n) is 1.74. The average molecular weight is 197 g/mol. The van der Waals surface area contributed by atoms with Gasteiger partial charge in [-0.05, 0) is 6.54 Å². The first kappa shape index (κ1) is 11.2. The lowest BCUT2D eigenvalue weighted by Crippen LogP contribution is -2.25. The average Bonchev–Trinajstić information content (AvgIpc) is 2.61. The maximum absolute atomic E-state index is 4.30. The van der Waals surface area contributed by atoms with E-state index in [4.69, 9.17) is 0 Å². The minimum Gasteiger partial charge on any atom is -0.348 e. The van der Waals surface area contributed by atoms with E-state index < -0.39 is 0 Å². The number of hydrogen-bond donors (Lipinski definition) is 1. The molecule has 14 heavy (non-hydrogen) atoms. The minimum atomic E-state index is 0. The molecule has 0 aliphatic carbocycles. The number of hydrogen-bond acceptors (Lipinski definition) is 2. The summed E-state index contributed by atoms with van der Waals surface area (Å²) in [5.41, 5.74) is 2.61. The number of likely N-dealkylation sites (N-methyl/N-ethyl adjacent to an activating group) is 1. The van der Waals surface area contributed by atoms with Crippen LogP contribution in [0.15, 0.2) is 6.33 Å². The Hall–Kier alpha value is -0.830. The Morgan fingerprint density at radius 1 is 1.43 bits per heavy atom. The van der Waals surface area contributed by atoms with Crippen molar-refractivity contribution in [1.82, 2.24) is 14.9 Å². The molecule has 3 heteroatoms. The molecule has 3 nitrogen and oxygen atoms in total. The van der Waals surface area contributed by atoms with E-state index in [1.807, 2.05) is 20.2 Å². The van der Waals surface area contributed by atoms with Crippen molar-refractivity contribution in [3.8, 4) is 0 Å². The Morgan fingerprint density at radius 3 is 2.86 bits per heavy atom. The van der Waals surface area contributed by atoms with Crippen LogP contribution in [0.1, 0.15) is 33.6 Å². The van der Waals surface area contributed by atoms with Crippen LogP contribution in [0, 0.1) is 0 Å². The zero-order valence-electron chi connectivity index (χ0n) is 9.51. The lowest BCUT2D eigenvalue weighted by molar-refractivity contribution is 0.302. The van der Waals surface area contributed by atoms with Crippen molar-refractivity contribution >= 4 is 0 Å². The van der Waals surface area contributed by atoms with Crippen LogP contribution in [0.2, 0.25) is 0 Å². The fourth-order valence-corrected chi connectivity index (χ4v) is 1.74. The van der Waals surface area contributed by atoms with Crippen LogP contribution in [-0.4, -0.2) is 34.5 Å². The summed E-state index contributed by atoms with van der Waals surface area (Å²) in [5, 5.41) is 0. The summed E-state index contributed by atoms with van der Waals surface area (Å²) < 4.78 is 0. The zero-order valence-corrected chi connectivity index (χ0v) is 9.51. The molecule has 0 atom stereocenters. The summed E-state index contributed by atoms with van der Waals surface area (Å²) in [6, 6.07) is 0. The first-order valence-corrected chi connectivity index (χ1v) is 5.63. The molecule has 1 aromatic heterocycles. The maximum atomic E-state index is 4.30. The molecule has 0 amide bonds. The lowest BCUT2D eigenvalue weighted by atomic mass is 10.2. The summed E-state index contributed by atoms with van der Waals surface area (Å²) in [7, 11) is 0. The van der Waals surface area contributed by atoms with Crippen LogP contribution >= 0.6 is 0 Å². The standard InChI is InChI=1S/C9H15N3.C2H6.H2/c1-2-12-5-3-8-9(4-6-12)11-7-10-8;1-2;/h7H,2-6H2,1H3,(H,10,11);1-2H3;1H. The molecule has 1 N–H and O–H groups in total. The molecule has 2 rings (SSSR count). The number of nitrogens with zero attached hydrogens (tertiary/aromatic N) is 2. The summed E-state index contributed by atoms with van der Waals surface area (Å²) in [5.74, 6) is 0. The Labute approximate surface area is 88.0 Å². The second kappa shape index (κ2) is 5.81. The fraction of sp³-hybridized carbons (Fsp3) is 0.727. The van der Waals surface area contributed by atoms with Gasteiger partial charge in [-0.3, -0.25) is 0 Å². The van der Waals surface area contributed by atoms with E-state index in [1.54, 1.807) is 0 Å². The van der Waals surface area contributed by atoms with Crippen LogP contribution in [0.25, 0.3) is 0 Å². The highest BCUT2D eigenvalue weighted by atomic mass is 15.1. The number of imidazole rings is 1. The van der Waals surface area contributed by atoms with Crippen LogP contribution in [0.5, 0.6) is 0 Å². The molecule has 0 fully saturated rings. The summed E-state index contributed by atoms with van der Waals surface area (Å²) in [6.45, 7) is 9.71. The lowest BCUT2D eigenvalue weighted by Gasteiger charge is -2.16. The number of rotatable bonds is 1. The predicted octanol–water partition coefficient (Wildman–Crippen LogP) is 2.10. The number of nitrogens with one attached hydrogen (secondary N) is 1. The third-order valence-corrected chi connectivity index (χ3v) is 2.60. The summed E-state index contributed by atoms with van der Waals surface area (Å²) >= 11 is 0. The zero-order chi connectivity index (χ0) is 10.4. The smallest absolute Gasteiger partial charge is 0.0925 e.